The number of aldehydes is 1. The molecule has 0 spiro atoms. The highest BCUT2D eigenvalue weighted by molar-refractivity contribution is 5.85. The van der Waals surface area contributed by atoms with Crippen LogP contribution in [-0.2, 0) is 5.54 Å². The molecular weight excluding hydrogens is 226 g/mol. The molecule has 0 saturated heterocycles. The molecule has 0 N–H and O–H groups in total. The molecule has 0 saturated carbocycles. The van der Waals surface area contributed by atoms with Crippen LogP contribution in [-0.4, -0.2) is 21.1 Å². The number of aromatic nitrogens is 3. The highest BCUT2D eigenvalue weighted by Crippen LogP contribution is 2.24. The molecule has 0 aliphatic carbocycles. The lowest BCUT2D eigenvalue weighted by Crippen LogP contribution is -2.22. The number of rotatable bonds is 2. The van der Waals surface area contributed by atoms with Gasteiger partial charge >= 0.3 is 0 Å². The van der Waals surface area contributed by atoms with Gasteiger partial charge in [0.15, 0.2) is 6.29 Å². The summed E-state index contributed by atoms with van der Waals surface area (Å²) >= 11 is 0. The Bertz CT molecular complexity index is 579. The van der Waals surface area contributed by atoms with Gasteiger partial charge in [0, 0.05) is 24.2 Å². The van der Waals surface area contributed by atoms with Crippen LogP contribution in [0, 0.1) is 6.92 Å². The van der Waals surface area contributed by atoms with Gasteiger partial charge < -0.3 is 0 Å². The van der Waals surface area contributed by atoms with Crippen molar-refractivity contribution < 1.29 is 4.79 Å². The third kappa shape index (κ3) is 2.32. The lowest BCUT2D eigenvalue weighted by atomic mass is 10.1. The van der Waals surface area contributed by atoms with Crippen LogP contribution in [0.2, 0.25) is 0 Å². The van der Waals surface area contributed by atoms with Gasteiger partial charge in [-0.05, 0) is 39.3 Å². The number of hydrogen-bond donors (Lipinski definition) is 0. The zero-order chi connectivity index (χ0) is 13.3. The minimum atomic E-state index is -0.146. The highest BCUT2D eigenvalue weighted by Gasteiger charge is 2.18. The lowest BCUT2D eigenvalue weighted by Gasteiger charge is -2.18. The normalized spacial score (nSPS) is 11.6. The van der Waals surface area contributed by atoms with E-state index in [9.17, 15) is 4.79 Å². The Morgan fingerprint density at radius 3 is 2.56 bits per heavy atom. The van der Waals surface area contributed by atoms with E-state index in [1.165, 1.54) is 0 Å². The van der Waals surface area contributed by atoms with Crippen LogP contribution in [0.4, 0.5) is 0 Å². The third-order valence-corrected chi connectivity index (χ3v) is 2.71. The van der Waals surface area contributed by atoms with Crippen LogP contribution < -0.4 is 0 Å². The van der Waals surface area contributed by atoms with Crippen molar-refractivity contribution in [3.05, 3.63) is 35.8 Å². The Kier molecular flexibility index (Phi) is 3.03. The van der Waals surface area contributed by atoms with Crippen molar-refractivity contribution in [2.75, 3.05) is 0 Å². The second-order valence-corrected chi connectivity index (χ2v) is 5.42. The number of hydrogen-bond acceptors (Lipinski definition) is 3. The maximum atomic E-state index is 11.2. The van der Waals surface area contributed by atoms with Crippen LogP contribution in [0.25, 0.3) is 11.3 Å². The van der Waals surface area contributed by atoms with E-state index < -0.39 is 0 Å². The van der Waals surface area contributed by atoms with Gasteiger partial charge in [-0.25, -0.2) is 0 Å². The third-order valence-electron chi connectivity index (χ3n) is 2.71. The highest BCUT2D eigenvalue weighted by atomic mass is 16.1. The summed E-state index contributed by atoms with van der Waals surface area (Å²) in [6, 6.07) is 1.98. The van der Waals surface area contributed by atoms with Gasteiger partial charge in [0.25, 0.3) is 0 Å². The molecular formula is C14H17N3O. The van der Waals surface area contributed by atoms with Crippen molar-refractivity contribution in [1.82, 2.24) is 14.8 Å². The van der Waals surface area contributed by atoms with E-state index >= 15 is 0 Å². The predicted molar refractivity (Wildman–Crippen MR) is 70.6 cm³/mol. The molecule has 0 aromatic carbocycles. The van der Waals surface area contributed by atoms with E-state index in [2.05, 4.69) is 10.1 Å². The molecule has 2 aromatic heterocycles. The predicted octanol–water partition coefficient (Wildman–Crippen LogP) is 2.82. The molecule has 0 atom stereocenters. The monoisotopic (exact) mass is 243 g/mol. The Morgan fingerprint density at radius 2 is 2.00 bits per heavy atom. The summed E-state index contributed by atoms with van der Waals surface area (Å²) in [6.07, 6.45) is 6.14. The van der Waals surface area contributed by atoms with E-state index in [1.54, 1.807) is 18.6 Å². The Hall–Kier alpha value is -1.97. The Morgan fingerprint density at radius 1 is 1.28 bits per heavy atom. The fraction of sp³-hybridized carbons (Fsp3) is 0.357. The summed E-state index contributed by atoms with van der Waals surface area (Å²) in [5, 5.41) is 4.51. The molecule has 2 aromatic rings. The van der Waals surface area contributed by atoms with Crippen LogP contribution in [0.5, 0.6) is 0 Å². The zero-order valence-electron chi connectivity index (χ0n) is 11.1. The molecule has 0 amide bonds. The largest absolute Gasteiger partial charge is 0.298 e. The Balaban J connectivity index is 2.57. The second kappa shape index (κ2) is 4.37. The van der Waals surface area contributed by atoms with E-state index in [1.807, 2.05) is 38.4 Å². The maximum absolute atomic E-state index is 11.2. The lowest BCUT2D eigenvalue weighted by molar-refractivity contribution is 0.112. The van der Waals surface area contributed by atoms with Crippen molar-refractivity contribution in [3.63, 3.8) is 0 Å². The van der Waals surface area contributed by atoms with Crippen molar-refractivity contribution in [2.45, 2.75) is 33.2 Å². The molecule has 2 rings (SSSR count). The first-order valence-electron chi connectivity index (χ1n) is 5.89. The molecule has 94 valence electrons. The number of carbonyl (C=O) groups excluding carboxylic acids is 1. The van der Waals surface area contributed by atoms with Gasteiger partial charge in [-0.1, -0.05) is 0 Å². The SMILES string of the molecule is Cc1cncc(-c2nn(C(C)(C)C)cc2C=O)c1. The van der Waals surface area contributed by atoms with Crippen LogP contribution in [0.1, 0.15) is 36.7 Å². The van der Waals surface area contributed by atoms with Crippen molar-refractivity contribution in [1.29, 1.82) is 0 Å². The van der Waals surface area contributed by atoms with Gasteiger partial charge in [-0.3, -0.25) is 14.5 Å². The molecule has 0 unspecified atom stereocenters. The van der Waals surface area contributed by atoms with E-state index in [4.69, 9.17) is 0 Å². The van der Waals surface area contributed by atoms with Crippen molar-refractivity contribution in [2.24, 2.45) is 0 Å². The summed E-state index contributed by atoms with van der Waals surface area (Å²) in [5.41, 5.74) is 3.07. The summed E-state index contributed by atoms with van der Waals surface area (Å²) in [6.45, 7) is 8.12. The van der Waals surface area contributed by atoms with Gasteiger partial charge in [0.05, 0.1) is 11.1 Å². The molecule has 4 nitrogen and oxygen atoms in total. The summed E-state index contributed by atoms with van der Waals surface area (Å²) < 4.78 is 1.81. The minimum Gasteiger partial charge on any atom is -0.298 e. The molecule has 0 fully saturated rings. The average Bonchev–Trinajstić information content (AvgIpc) is 2.72. The number of nitrogens with zero attached hydrogens (tertiary/aromatic N) is 3. The fourth-order valence-corrected chi connectivity index (χ4v) is 1.73. The number of pyridine rings is 1. The van der Waals surface area contributed by atoms with Gasteiger partial charge in [-0.2, -0.15) is 5.10 Å². The van der Waals surface area contributed by atoms with E-state index in [0.717, 1.165) is 17.4 Å². The number of carbonyl (C=O) groups is 1. The van der Waals surface area contributed by atoms with Gasteiger partial charge in [0.1, 0.15) is 5.69 Å². The summed E-state index contributed by atoms with van der Waals surface area (Å²) in [7, 11) is 0. The second-order valence-electron chi connectivity index (χ2n) is 5.42. The summed E-state index contributed by atoms with van der Waals surface area (Å²) in [5.74, 6) is 0. The molecule has 0 radical (unpaired) electrons. The molecule has 2 heterocycles. The molecule has 4 heteroatoms. The van der Waals surface area contributed by atoms with Gasteiger partial charge in [-0.15, -0.1) is 0 Å². The summed E-state index contributed by atoms with van der Waals surface area (Å²) in [4.78, 5) is 15.3. The fourth-order valence-electron chi connectivity index (χ4n) is 1.73. The quantitative estimate of drug-likeness (QED) is 0.762. The van der Waals surface area contributed by atoms with E-state index in [0.29, 0.717) is 11.3 Å². The zero-order valence-corrected chi connectivity index (χ0v) is 11.1. The number of aryl methyl sites for hydroxylation is 1. The smallest absolute Gasteiger partial charge is 0.153 e. The topological polar surface area (TPSA) is 47.8 Å². The first-order valence-corrected chi connectivity index (χ1v) is 5.89. The standard InChI is InChI=1S/C14H17N3O/c1-10-5-11(7-15-6-10)13-12(9-18)8-17(16-13)14(2,3)4/h5-9H,1-4H3. The first kappa shape index (κ1) is 12.5. The van der Waals surface area contributed by atoms with E-state index in [-0.39, 0.29) is 5.54 Å². The average molecular weight is 243 g/mol. The van der Waals surface area contributed by atoms with Gasteiger partial charge in [0.2, 0.25) is 0 Å². The van der Waals surface area contributed by atoms with Crippen LogP contribution >= 0.6 is 0 Å². The maximum Gasteiger partial charge on any atom is 0.153 e. The van der Waals surface area contributed by atoms with Crippen LogP contribution in [0.15, 0.2) is 24.7 Å². The van der Waals surface area contributed by atoms with Crippen molar-refractivity contribution in [3.8, 4) is 11.3 Å². The van der Waals surface area contributed by atoms with Crippen LogP contribution in [0.3, 0.4) is 0 Å². The first-order chi connectivity index (χ1) is 8.41. The molecule has 0 bridgehead atoms. The molecule has 18 heavy (non-hydrogen) atoms. The minimum absolute atomic E-state index is 0.146. The molecule has 0 aliphatic heterocycles. The Labute approximate surface area is 107 Å². The van der Waals surface area contributed by atoms with Crippen molar-refractivity contribution >= 4 is 6.29 Å². The molecule has 0 aliphatic rings.